The van der Waals surface area contributed by atoms with Gasteiger partial charge in [0.2, 0.25) is 29.9 Å². The zero-order valence-corrected chi connectivity index (χ0v) is 26.8. The normalized spacial score (nSPS) is 24.0. The number of carbonyl (C=O) groups is 6. The van der Waals surface area contributed by atoms with Crippen molar-refractivity contribution in [1.82, 2.24) is 36.1 Å². The quantitative estimate of drug-likeness (QED) is 0.212. The molecule has 0 aromatic carbocycles. The third-order valence-corrected chi connectivity index (χ3v) is 8.94. The fourth-order valence-electron chi connectivity index (χ4n) is 6.24. The van der Waals surface area contributed by atoms with Gasteiger partial charge in [0, 0.05) is 37.3 Å². The van der Waals surface area contributed by atoms with E-state index < -0.39 is 102 Å². The van der Waals surface area contributed by atoms with Crippen LogP contribution in [0.2, 0.25) is 0 Å². The first kappa shape index (κ1) is 35.7. The Morgan fingerprint density at radius 1 is 0.894 bits per heavy atom. The van der Waals surface area contributed by atoms with Crippen LogP contribution in [-0.4, -0.2) is 99.5 Å². The van der Waals surface area contributed by atoms with Crippen LogP contribution in [0.3, 0.4) is 0 Å². The van der Waals surface area contributed by atoms with Crippen molar-refractivity contribution in [2.24, 2.45) is 23.7 Å². The summed E-state index contributed by atoms with van der Waals surface area (Å²) in [7, 11) is 0. The van der Waals surface area contributed by atoms with Crippen LogP contribution in [0.5, 0.6) is 0 Å². The van der Waals surface area contributed by atoms with E-state index in [1.54, 1.807) is 27.7 Å². The molecule has 1 aromatic heterocycles. The lowest BCUT2D eigenvalue weighted by Crippen LogP contribution is -2.60. The van der Waals surface area contributed by atoms with Crippen molar-refractivity contribution in [3.63, 3.8) is 0 Å². The Morgan fingerprint density at radius 2 is 1.57 bits per heavy atom. The third-order valence-electron chi connectivity index (χ3n) is 8.94. The molecule has 5 amide bonds. The summed E-state index contributed by atoms with van der Waals surface area (Å²) in [5, 5.41) is 9.98. The van der Waals surface area contributed by atoms with Crippen molar-refractivity contribution >= 4 is 35.3 Å². The van der Waals surface area contributed by atoms with Gasteiger partial charge in [0.25, 0.3) is 11.8 Å². The highest BCUT2D eigenvalue weighted by atomic mass is 19.3. The molecule has 16 heteroatoms. The number of hydrogen-bond donors (Lipinski definition) is 4. The van der Waals surface area contributed by atoms with Crippen LogP contribution in [0, 0.1) is 23.7 Å². The van der Waals surface area contributed by atoms with Crippen molar-refractivity contribution in [1.29, 1.82) is 0 Å². The fraction of sp³-hybridized carbons (Fsp3) is 0.677. The molecule has 4 rings (SSSR count). The summed E-state index contributed by atoms with van der Waals surface area (Å²) in [6.45, 7) is 6.53. The fourth-order valence-corrected chi connectivity index (χ4v) is 6.24. The van der Waals surface area contributed by atoms with Crippen LogP contribution in [0.25, 0.3) is 0 Å². The molecule has 2 heterocycles. The lowest BCUT2D eigenvalue weighted by molar-refractivity contribution is -0.145. The molecule has 1 aromatic rings. The smallest absolute Gasteiger partial charge is 0.289 e. The lowest BCUT2D eigenvalue weighted by atomic mass is 9.92. The topological polar surface area (TPSA) is 180 Å². The Bertz CT molecular complexity index is 1350. The predicted octanol–water partition coefficient (Wildman–Crippen LogP) is 0.935. The molecule has 47 heavy (non-hydrogen) atoms. The number of carbonyl (C=O) groups excluding carboxylic acids is 6. The molecule has 13 nitrogen and oxygen atoms in total. The number of rotatable bonds is 14. The van der Waals surface area contributed by atoms with E-state index in [-0.39, 0.29) is 31.1 Å². The van der Waals surface area contributed by atoms with Gasteiger partial charge in [-0.1, -0.05) is 27.7 Å². The first-order valence-electron chi connectivity index (χ1n) is 15.9. The summed E-state index contributed by atoms with van der Waals surface area (Å²) in [4.78, 5) is 88.2. The highest BCUT2D eigenvalue weighted by Crippen LogP contribution is 2.44. The van der Waals surface area contributed by atoms with E-state index in [1.807, 2.05) is 0 Å². The number of likely N-dealkylation sites (tertiary alicyclic amines) is 1. The Morgan fingerprint density at radius 3 is 2.15 bits per heavy atom. The second-order valence-corrected chi connectivity index (χ2v) is 13.2. The predicted molar refractivity (Wildman–Crippen MR) is 160 cm³/mol. The maximum Gasteiger partial charge on any atom is 0.289 e. The van der Waals surface area contributed by atoms with Gasteiger partial charge in [0.1, 0.15) is 36.0 Å². The van der Waals surface area contributed by atoms with Gasteiger partial charge >= 0.3 is 0 Å². The van der Waals surface area contributed by atoms with Crippen molar-refractivity contribution in [3.8, 4) is 0 Å². The van der Waals surface area contributed by atoms with Crippen molar-refractivity contribution in [2.75, 3.05) is 6.54 Å². The number of halogens is 3. The van der Waals surface area contributed by atoms with Gasteiger partial charge in [0.15, 0.2) is 0 Å². The molecule has 3 aliphatic rings. The summed E-state index contributed by atoms with van der Waals surface area (Å²) in [5.74, 6) is -7.67. The van der Waals surface area contributed by atoms with E-state index >= 15 is 0 Å². The number of aromatic nitrogens is 2. The van der Waals surface area contributed by atoms with Crippen molar-refractivity contribution in [3.05, 3.63) is 24.3 Å². The molecule has 0 bridgehead atoms. The zero-order valence-electron chi connectivity index (χ0n) is 26.8. The van der Waals surface area contributed by atoms with E-state index in [2.05, 4.69) is 31.2 Å². The van der Waals surface area contributed by atoms with Crippen LogP contribution in [0.15, 0.2) is 18.6 Å². The molecule has 258 valence electrons. The van der Waals surface area contributed by atoms with E-state index in [0.717, 1.165) is 4.90 Å². The largest absolute Gasteiger partial charge is 0.347 e. The molecule has 3 fully saturated rings. The Labute approximate surface area is 270 Å². The molecule has 2 aliphatic carbocycles. The van der Waals surface area contributed by atoms with E-state index in [9.17, 15) is 41.9 Å². The summed E-state index contributed by atoms with van der Waals surface area (Å²) < 4.78 is 41.9. The number of fused-ring (bicyclic) bond motifs is 1. The van der Waals surface area contributed by atoms with Crippen LogP contribution >= 0.6 is 0 Å². The van der Waals surface area contributed by atoms with Crippen molar-refractivity contribution in [2.45, 2.75) is 103 Å². The SMILES string of the molecule is CC(C)[C@H](NC(=O)[C@H](NC(=O)c1cnccn1)C(C)C)C(=O)N1C[C@@H]2C(F)CC[C@@H]2C1C(=O)NC(CC(F)F)C(=O)C(=O)NC1CC1. The molecule has 1 aliphatic heterocycles. The minimum absolute atomic E-state index is 0.0191. The van der Waals surface area contributed by atoms with Crippen LogP contribution in [0.4, 0.5) is 13.2 Å². The Balaban J connectivity index is 1.54. The molecule has 1 saturated heterocycles. The number of hydrogen-bond acceptors (Lipinski definition) is 8. The Hall–Kier alpha value is -4.11. The van der Waals surface area contributed by atoms with Gasteiger partial charge < -0.3 is 26.2 Å². The van der Waals surface area contributed by atoms with Gasteiger partial charge in [0.05, 0.1) is 6.20 Å². The number of alkyl halides is 3. The van der Waals surface area contributed by atoms with Crippen LogP contribution < -0.4 is 21.3 Å². The zero-order chi connectivity index (χ0) is 34.6. The molecule has 0 radical (unpaired) electrons. The van der Waals surface area contributed by atoms with Crippen LogP contribution in [-0.2, 0) is 24.0 Å². The molecule has 7 atom stereocenters. The van der Waals surface area contributed by atoms with Gasteiger partial charge in [-0.3, -0.25) is 33.8 Å². The molecular weight excluding hydrogens is 623 g/mol. The first-order valence-corrected chi connectivity index (χ1v) is 15.9. The van der Waals surface area contributed by atoms with Crippen LogP contribution in [0.1, 0.15) is 70.3 Å². The number of amides is 5. The highest BCUT2D eigenvalue weighted by molar-refractivity contribution is 6.38. The number of ketones is 1. The minimum atomic E-state index is -3.03. The number of nitrogens with zero attached hydrogens (tertiary/aromatic N) is 3. The maximum atomic E-state index is 15.0. The molecule has 3 unspecified atom stereocenters. The monoisotopic (exact) mass is 665 g/mol. The number of Topliss-reactive ketones (excluding diaryl/α,β-unsaturated/α-hetero) is 1. The standard InChI is InChI=1S/C31H42F3N7O6/c1-14(2)23(39-27(43)21-12-35-9-10-36-21)28(44)40-24(15(3)4)31(47)41-13-18-17(7-8-19(18)32)25(41)29(45)38-20(11-22(33)34)26(42)30(46)37-16-5-6-16/h9-10,12,14-20,22-25H,5-8,11,13H2,1-4H3,(H,37,46)(H,38,45)(H,39,43)(H,40,44)/t17-,18-,19?,20?,23+,24-,25?/m0/s1. The summed E-state index contributed by atoms with van der Waals surface area (Å²) in [6.07, 6.45) is 0.123. The lowest BCUT2D eigenvalue weighted by Gasteiger charge is -2.33. The van der Waals surface area contributed by atoms with Gasteiger partial charge in [-0.15, -0.1) is 0 Å². The maximum absolute atomic E-state index is 15.0. The van der Waals surface area contributed by atoms with E-state index in [4.69, 9.17) is 0 Å². The summed E-state index contributed by atoms with van der Waals surface area (Å²) >= 11 is 0. The summed E-state index contributed by atoms with van der Waals surface area (Å²) in [6, 6.07) is -5.72. The molecule has 4 N–H and O–H groups in total. The average molecular weight is 666 g/mol. The molecule has 0 spiro atoms. The third kappa shape index (κ3) is 8.63. The highest BCUT2D eigenvalue weighted by Gasteiger charge is 2.55. The minimum Gasteiger partial charge on any atom is -0.347 e. The second-order valence-electron chi connectivity index (χ2n) is 13.2. The van der Waals surface area contributed by atoms with E-state index in [0.29, 0.717) is 12.8 Å². The summed E-state index contributed by atoms with van der Waals surface area (Å²) in [5.41, 5.74) is -0.0191. The van der Waals surface area contributed by atoms with Gasteiger partial charge in [-0.2, -0.15) is 0 Å². The second kappa shape index (κ2) is 15.2. The van der Waals surface area contributed by atoms with Gasteiger partial charge in [-0.25, -0.2) is 18.2 Å². The Kier molecular flexibility index (Phi) is 11.6. The first-order chi connectivity index (χ1) is 22.2. The molecular formula is C31H42F3N7O6. The average Bonchev–Trinajstić information content (AvgIpc) is 3.64. The van der Waals surface area contributed by atoms with E-state index in [1.165, 1.54) is 18.6 Å². The number of nitrogens with one attached hydrogen (secondary N) is 4. The van der Waals surface area contributed by atoms with Gasteiger partial charge in [-0.05, 0) is 43.4 Å². The van der Waals surface area contributed by atoms with Crippen molar-refractivity contribution < 1.29 is 41.9 Å². The molecule has 2 saturated carbocycles.